The van der Waals surface area contributed by atoms with Crippen molar-refractivity contribution >= 4 is 11.6 Å². The van der Waals surface area contributed by atoms with Crippen molar-refractivity contribution in [1.29, 1.82) is 0 Å². The highest BCUT2D eigenvalue weighted by atomic mass is 19.1. The van der Waals surface area contributed by atoms with Gasteiger partial charge in [-0.3, -0.25) is 4.79 Å². The van der Waals surface area contributed by atoms with E-state index in [1.165, 1.54) is 13.2 Å². The second kappa shape index (κ2) is 6.02. The number of benzene rings is 1. The number of ether oxygens (including phenoxy) is 1. The molecule has 4 nitrogen and oxygen atoms in total. The summed E-state index contributed by atoms with van der Waals surface area (Å²) in [6, 6.07) is 4.37. The third kappa shape index (κ3) is 2.87. The Morgan fingerprint density at radius 1 is 1.53 bits per heavy atom. The Kier molecular flexibility index (Phi) is 4.37. The van der Waals surface area contributed by atoms with Crippen LogP contribution in [0.4, 0.5) is 10.1 Å². The van der Waals surface area contributed by atoms with Gasteiger partial charge in [0.15, 0.2) is 11.6 Å². The second-order valence-electron chi connectivity index (χ2n) is 4.60. The summed E-state index contributed by atoms with van der Waals surface area (Å²) < 4.78 is 18.3. The molecule has 1 aromatic rings. The summed E-state index contributed by atoms with van der Waals surface area (Å²) in [5.41, 5.74) is 0.684. The first-order valence-corrected chi connectivity index (χ1v) is 6.55. The average Bonchev–Trinajstić information content (AvgIpc) is 2.78. The van der Waals surface area contributed by atoms with E-state index in [9.17, 15) is 9.18 Å². The van der Waals surface area contributed by atoms with Crippen LogP contribution in [0.25, 0.3) is 0 Å². The molecule has 104 valence electrons. The van der Waals surface area contributed by atoms with Gasteiger partial charge < -0.3 is 15.0 Å². The van der Waals surface area contributed by atoms with Crippen LogP contribution in [-0.2, 0) is 4.79 Å². The van der Waals surface area contributed by atoms with Crippen molar-refractivity contribution in [2.24, 2.45) is 0 Å². The average molecular weight is 266 g/mol. The SMILES string of the molecule is CCCNC1CCN(c2ccc(F)c(OC)c2)C1=O. The molecule has 0 aromatic heterocycles. The van der Waals surface area contributed by atoms with Gasteiger partial charge in [0.2, 0.25) is 5.91 Å². The minimum Gasteiger partial charge on any atom is -0.494 e. The first-order chi connectivity index (χ1) is 9.17. The Balaban J connectivity index is 2.13. The maximum atomic E-state index is 13.4. The minimum atomic E-state index is -0.418. The molecule has 0 bridgehead atoms. The van der Waals surface area contributed by atoms with Gasteiger partial charge in [-0.05, 0) is 31.5 Å². The van der Waals surface area contributed by atoms with Crippen LogP contribution < -0.4 is 15.0 Å². The Bertz CT molecular complexity index is 465. The zero-order valence-electron chi connectivity index (χ0n) is 11.3. The molecule has 19 heavy (non-hydrogen) atoms. The molecule has 0 spiro atoms. The van der Waals surface area contributed by atoms with Crippen molar-refractivity contribution in [1.82, 2.24) is 5.32 Å². The van der Waals surface area contributed by atoms with Gasteiger partial charge >= 0.3 is 0 Å². The number of amides is 1. The fourth-order valence-electron chi connectivity index (χ4n) is 2.26. The van der Waals surface area contributed by atoms with E-state index in [2.05, 4.69) is 12.2 Å². The lowest BCUT2D eigenvalue weighted by Crippen LogP contribution is -2.38. The first-order valence-electron chi connectivity index (χ1n) is 6.55. The molecule has 1 aliphatic rings. The van der Waals surface area contributed by atoms with Gasteiger partial charge in [0, 0.05) is 18.3 Å². The molecule has 1 aliphatic heterocycles. The smallest absolute Gasteiger partial charge is 0.244 e. The van der Waals surface area contributed by atoms with Crippen LogP contribution in [0.5, 0.6) is 5.75 Å². The summed E-state index contributed by atoms with van der Waals surface area (Å²) in [6.45, 7) is 3.54. The topological polar surface area (TPSA) is 41.6 Å². The third-order valence-corrected chi connectivity index (χ3v) is 3.29. The normalized spacial score (nSPS) is 19.0. The Hall–Kier alpha value is -1.62. The van der Waals surface area contributed by atoms with Crippen molar-refractivity contribution < 1.29 is 13.9 Å². The molecule has 2 rings (SSSR count). The van der Waals surface area contributed by atoms with Gasteiger partial charge in [0.05, 0.1) is 13.2 Å². The molecule has 1 unspecified atom stereocenters. The molecule has 0 saturated carbocycles. The molecule has 0 radical (unpaired) electrons. The molecule has 5 heteroatoms. The first kappa shape index (κ1) is 13.8. The number of nitrogens with zero attached hydrogens (tertiary/aromatic N) is 1. The lowest BCUT2D eigenvalue weighted by atomic mass is 10.2. The zero-order chi connectivity index (χ0) is 13.8. The van der Waals surface area contributed by atoms with Gasteiger partial charge in [-0.2, -0.15) is 0 Å². The van der Waals surface area contributed by atoms with E-state index in [1.807, 2.05) is 0 Å². The largest absolute Gasteiger partial charge is 0.494 e. The Morgan fingerprint density at radius 3 is 3.00 bits per heavy atom. The fraction of sp³-hybridized carbons (Fsp3) is 0.500. The lowest BCUT2D eigenvalue weighted by Gasteiger charge is -2.18. The Morgan fingerprint density at radius 2 is 2.32 bits per heavy atom. The molecule has 1 saturated heterocycles. The van der Waals surface area contributed by atoms with E-state index in [4.69, 9.17) is 4.74 Å². The summed E-state index contributed by atoms with van der Waals surface area (Å²) in [7, 11) is 1.42. The zero-order valence-corrected chi connectivity index (χ0v) is 11.3. The number of halogens is 1. The summed E-state index contributed by atoms with van der Waals surface area (Å²) >= 11 is 0. The van der Waals surface area contributed by atoms with Crippen LogP contribution in [-0.4, -0.2) is 32.1 Å². The van der Waals surface area contributed by atoms with Crippen molar-refractivity contribution in [3.8, 4) is 5.75 Å². The van der Waals surface area contributed by atoms with Crippen molar-refractivity contribution in [3.63, 3.8) is 0 Å². The summed E-state index contributed by atoms with van der Waals surface area (Å²) in [6.07, 6.45) is 1.77. The molecule has 1 heterocycles. The summed E-state index contributed by atoms with van der Waals surface area (Å²) in [5.74, 6) is -0.212. The number of anilines is 1. The maximum Gasteiger partial charge on any atom is 0.244 e. The van der Waals surface area contributed by atoms with E-state index >= 15 is 0 Å². The van der Waals surface area contributed by atoms with E-state index in [1.54, 1.807) is 17.0 Å². The van der Waals surface area contributed by atoms with Crippen LogP contribution in [0.2, 0.25) is 0 Å². The number of carbonyl (C=O) groups excluding carboxylic acids is 1. The van der Waals surface area contributed by atoms with Crippen LogP contribution in [0.15, 0.2) is 18.2 Å². The quantitative estimate of drug-likeness (QED) is 0.885. The second-order valence-corrected chi connectivity index (χ2v) is 4.60. The fourth-order valence-corrected chi connectivity index (χ4v) is 2.26. The molecule has 1 N–H and O–H groups in total. The highest BCUT2D eigenvalue weighted by Crippen LogP contribution is 2.27. The highest BCUT2D eigenvalue weighted by Gasteiger charge is 2.32. The van der Waals surface area contributed by atoms with Crippen LogP contribution in [0.1, 0.15) is 19.8 Å². The van der Waals surface area contributed by atoms with Crippen molar-refractivity contribution in [2.75, 3.05) is 25.1 Å². The van der Waals surface area contributed by atoms with Gasteiger partial charge in [-0.25, -0.2) is 4.39 Å². The number of hydrogen-bond donors (Lipinski definition) is 1. The van der Waals surface area contributed by atoms with Gasteiger partial charge in [0.25, 0.3) is 0 Å². The Labute approximate surface area is 112 Å². The van der Waals surface area contributed by atoms with Gasteiger partial charge in [-0.1, -0.05) is 6.92 Å². The van der Waals surface area contributed by atoms with Gasteiger partial charge in [-0.15, -0.1) is 0 Å². The van der Waals surface area contributed by atoms with E-state index < -0.39 is 5.82 Å². The maximum absolute atomic E-state index is 13.4. The number of hydrogen-bond acceptors (Lipinski definition) is 3. The molecule has 0 aliphatic carbocycles. The predicted octanol–water partition coefficient (Wildman–Crippen LogP) is 1.94. The number of rotatable bonds is 5. The van der Waals surface area contributed by atoms with Crippen molar-refractivity contribution in [3.05, 3.63) is 24.0 Å². The summed E-state index contributed by atoms with van der Waals surface area (Å²) in [4.78, 5) is 13.9. The highest BCUT2D eigenvalue weighted by molar-refractivity contribution is 5.99. The predicted molar refractivity (Wildman–Crippen MR) is 72.0 cm³/mol. The van der Waals surface area contributed by atoms with Crippen molar-refractivity contribution in [2.45, 2.75) is 25.8 Å². The van der Waals surface area contributed by atoms with Crippen LogP contribution >= 0.6 is 0 Å². The lowest BCUT2D eigenvalue weighted by molar-refractivity contribution is -0.118. The van der Waals surface area contributed by atoms with E-state index in [0.29, 0.717) is 12.2 Å². The molecule has 1 atom stereocenters. The standard InChI is InChI=1S/C14H19FN2O2/c1-3-7-16-12-6-8-17(14(12)18)10-4-5-11(15)13(9-10)19-2/h4-5,9,12,16H,3,6-8H2,1-2H3. The number of nitrogens with one attached hydrogen (secondary N) is 1. The number of carbonyl (C=O) groups is 1. The minimum absolute atomic E-state index is 0.0436. The van der Waals surface area contributed by atoms with Crippen LogP contribution in [0.3, 0.4) is 0 Å². The molecular weight excluding hydrogens is 247 g/mol. The molecule has 1 amide bonds. The van der Waals surface area contributed by atoms with Gasteiger partial charge in [0.1, 0.15) is 0 Å². The van der Waals surface area contributed by atoms with Crippen LogP contribution in [0, 0.1) is 5.82 Å². The summed E-state index contributed by atoms with van der Waals surface area (Å²) in [5, 5.41) is 3.22. The molecular formula is C14H19FN2O2. The van der Waals surface area contributed by atoms with E-state index in [0.717, 1.165) is 19.4 Å². The molecule has 1 aromatic carbocycles. The molecule has 1 fully saturated rings. The number of methoxy groups -OCH3 is 1. The monoisotopic (exact) mass is 266 g/mol. The third-order valence-electron chi connectivity index (χ3n) is 3.29. The van der Waals surface area contributed by atoms with E-state index in [-0.39, 0.29) is 17.7 Å².